The first-order valence-electron chi connectivity index (χ1n) is 5.30. The molecule has 0 amide bonds. The van der Waals surface area contributed by atoms with Crippen LogP contribution in [-0.4, -0.2) is 6.04 Å². The zero-order chi connectivity index (χ0) is 11.0. The minimum absolute atomic E-state index is 0.183. The first-order valence-corrected chi connectivity index (χ1v) is 5.30. The number of halogens is 2. The summed E-state index contributed by atoms with van der Waals surface area (Å²) in [6.07, 6.45) is 1.93. The fourth-order valence-corrected chi connectivity index (χ4v) is 2.41. The Bertz CT molecular complexity index is 365. The highest BCUT2D eigenvalue weighted by atomic mass is 19.2. The second-order valence-electron chi connectivity index (χ2n) is 4.38. The molecule has 15 heavy (non-hydrogen) atoms. The van der Waals surface area contributed by atoms with E-state index in [-0.39, 0.29) is 12.0 Å². The van der Waals surface area contributed by atoms with Gasteiger partial charge in [0.15, 0.2) is 11.6 Å². The van der Waals surface area contributed by atoms with Crippen LogP contribution in [0.2, 0.25) is 0 Å². The molecule has 1 aliphatic rings. The van der Waals surface area contributed by atoms with Gasteiger partial charge < -0.3 is 5.73 Å². The Hall–Kier alpha value is -0.960. The van der Waals surface area contributed by atoms with E-state index in [1.807, 2.05) is 0 Å². The highest BCUT2D eigenvalue weighted by Crippen LogP contribution is 2.38. The standard InChI is InChI=1S/C12H15F2N/c1-7-9(3-5-12(7)15)8-2-4-10(13)11(14)6-8/h2,4,6-7,9,12H,3,5,15H2,1H3. The van der Waals surface area contributed by atoms with Crippen LogP contribution in [0.3, 0.4) is 0 Å². The lowest BCUT2D eigenvalue weighted by molar-refractivity contribution is 0.470. The third kappa shape index (κ3) is 1.88. The molecular weight excluding hydrogens is 196 g/mol. The van der Waals surface area contributed by atoms with Gasteiger partial charge in [-0.25, -0.2) is 8.78 Å². The average molecular weight is 211 g/mol. The fraction of sp³-hybridized carbons (Fsp3) is 0.500. The van der Waals surface area contributed by atoms with Gasteiger partial charge in [0.1, 0.15) is 0 Å². The van der Waals surface area contributed by atoms with E-state index in [9.17, 15) is 8.78 Å². The molecule has 1 saturated carbocycles. The molecule has 2 N–H and O–H groups in total. The minimum atomic E-state index is -0.784. The van der Waals surface area contributed by atoms with Crippen molar-refractivity contribution in [3.05, 3.63) is 35.4 Å². The van der Waals surface area contributed by atoms with Gasteiger partial charge in [0.05, 0.1) is 0 Å². The molecule has 1 aromatic rings. The van der Waals surface area contributed by atoms with Crippen molar-refractivity contribution in [2.75, 3.05) is 0 Å². The van der Waals surface area contributed by atoms with Crippen molar-refractivity contribution in [3.8, 4) is 0 Å². The van der Waals surface area contributed by atoms with Crippen molar-refractivity contribution in [3.63, 3.8) is 0 Å². The first kappa shape index (κ1) is 10.6. The van der Waals surface area contributed by atoms with Crippen LogP contribution in [0.15, 0.2) is 18.2 Å². The van der Waals surface area contributed by atoms with Gasteiger partial charge in [-0.2, -0.15) is 0 Å². The van der Waals surface area contributed by atoms with Gasteiger partial charge in [0.25, 0.3) is 0 Å². The van der Waals surface area contributed by atoms with Crippen LogP contribution in [0.1, 0.15) is 31.2 Å². The van der Waals surface area contributed by atoms with Crippen LogP contribution in [0.4, 0.5) is 8.78 Å². The molecule has 1 nitrogen and oxygen atoms in total. The van der Waals surface area contributed by atoms with Gasteiger partial charge in [-0.05, 0) is 42.4 Å². The Morgan fingerprint density at radius 2 is 1.93 bits per heavy atom. The summed E-state index contributed by atoms with van der Waals surface area (Å²) in [5.41, 5.74) is 6.78. The van der Waals surface area contributed by atoms with Gasteiger partial charge in [-0.1, -0.05) is 13.0 Å². The van der Waals surface area contributed by atoms with Crippen molar-refractivity contribution in [2.45, 2.75) is 31.7 Å². The van der Waals surface area contributed by atoms with Crippen LogP contribution >= 0.6 is 0 Å². The van der Waals surface area contributed by atoms with Crippen LogP contribution in [0.25, 0.3) is 0 Å². The molecule has 3 unspecified atom stereocenters. The highest BCUT2D eigenvalue weighted by molar-refractivity contribution is 5.24. The maximum absolute atomic E-state index is 13.1. The van der Waals surface area contributed by atoms with Gasteiger partial charge >= 0.3 is 0 Å². The molecule has 1 fully saturated rings. The van der Waals surface area contributed by atoms with Crippen molar-refractivity contribution in [1.82, 2.24) is 0 Å². The molecule has 0 radical (unpaired) electrons. The molecule has 82 valence electrons. The second-order valence-corrected chi connectivity index (χ2v) is 4.38. The highest BCUT2D eigenvalue weighted by Gasteiger charge is 2.31. The van der Waals surface area contributed by atoms with Gasteiger partial charge in [-0.3, -0.25) is 0 Å². The van der Waals surface area contributed by atoms with Crippen molar-refractivity contribution in [1.29, 1.82) is 0 Å². The summed E-state index contributed by atoms with van der Waals surface area (Å²) in [5, 5.41) is 0. The van der Waals surface area contributed by atoms with Crippen molar-refractivity contribution < 1.29 is 8.78 Å². The molecule has 0 bridgehead atoms. The lowest BCUT2D eigenvalue weighted by Gasteiger charge is -2.18. The number of hydrogen-bond donors (Lipinski definition) is 1. The fourth-order valence-electron chi connectivity index (χ4n) is 2.41. The molecular formula is C12H15F2N. The van der Waals surface area contributed by atoms with Crippen LogP contribution < -0.4 is 5.73 Å². The summed E-state index contributed by atoms with van der Waals surface area (Å²) in [7, 11) is 0. The quantitative estimate of drug-likeness (QED) is 0.759. The Kier molecular flexibility index (Phi) is 2.74. The van der Waals surface area contributed by atoms with Gasteiger partial charge in [0, 0.05) is 6.04 Å². The number of benzene rings is 1. The second kappa shape index (κ2) is 3.89. The van der Waals surface area contributed by atoms with Crippen LogP contribution in [0, 0.1) is 17.6 Å². The van der Waals surface area contributed by atoms with E-state index in [2.05, 4.69) is 6.92 Å². The van der Waals surface area contributed by atoms with E-state index in [0.29, 0.717) is 5.92 Å². The molecule has 1 aliphatic carbocycles. The SMILES string of the molecule is CC1C(N)CCC1c1ccc(F)c(F)c1. The Morgan fingerprint density at radius 1 is 1.20 bits per heavy atom. The van der Waals surface area contributed by atoms with E-state index < -0.39 is 11.6 Å². The van der Waals surface area contributed by atoms with Crippen LogP contribution in [-0.2, 0) is 0 Å². The normalized spacial score (nSPS) is 30.8. The average Bonchev–Trinajstić information content (AvgIpc) is 2.53. The monoisotopic (exact) mass is 211 g/mol. The number of nitrogens with two attached hydrogens (primary N) is 1. The first-order chi connectivity index (χ1) is 7.09. The Morgan fingerprint density at radius 3 is 2.47 bits per heavy atom. The molecule has 3 atom stereocenters. The molecule has 0 heterocycles. The molecule has 0 aliphatic heterocycles. The third-order valence-electron chi connectivity index (χ3n) is 3.49. The Labute approximate surface area is 88.3 Å². The van der Waals surface area contributed by atoms with E-state index in [1.165, 1.54) is 12.1 Å². The van der Waals surface area contributed by atoms with Crippen molar-refractivity contribution in [2.24, 2.45) is 11.7 Å². The molecule has 0 aromatic heterocycles. The molecule has 0 saturated heterocycles. The minimum Gasteiger partial charge on any atom is -0.327 e. The molecule has 2 rings (SSSR count). The van der Waals surface area contributed by atoms with Crippen molar-refractivity contribution >= 4 is 0 Å². The summed E-state index contributed by atoms with van der Waals surface area (Å²) in [6, 6.07) is 4.34. The van der Waals surface area contributed by atoms with E-state index in [1.54, 1.807) is 6.07 Å². The largest absolute Gasteiger partial charge is 0.327 e. The zero-order valence-electron chi connectivity index (χ0n) is 8.71. The smallest absolute Gasteiger partial charge is 0.159 e. The Balaban J connectivity index is 2.26. The summed E-state index contributed by atoms with van der Waals surface area (Å²) in [4.78, 5) is 0. The molecule has 0 spiro atoms. The summed E-state index contributed by atoms with van der Waals surface area (Å²) < 4.78 is 25.8. The summed E-state index contributed by atoms with van der Waals surface area (Å²) >= 11 is 0. The predicted molar refractivity (Wildman–Crippen MR) is 55.5 cm³/mol. The predicted octanol–water partition coefficient (Wildman–Crippen LogP) is 2.81. The van der Waals surface area contributed by atoms with E-state index in [0.717, 1.165) is 18.4 Å². The number of rotatable bonds is 1. The summed E-state index contributed by atoms with van der Waals surface area (Å²) in [6.45, 7) is 2.07. The molecule has 1 aromatic carbocycles. The maximum atomic E-state index is 13.1. The van der Waals surface area contributed by atoms with Crippen LogP contribution in [0.5, 0.6) is 0 Å². The topological polar surface area (TPSA) is 26.0 Å². The summed E-state index contributed by atoms with van der Waals surface area (Å²) in [5.74, 6) is -0.932. The lowest BCUT2D eigenvalue weighted by atomic mass is 9.89. The van der Waals surface area contributed by atoms with E-state index in [4.69, 9.17) is 5.73 Å². The lowest BCUT2D eigenvalue weighted by Crippen LogP contribution is -2.24. The maximum Gasteiger partial charge on any atom is 0.159 e. The molecule has 3 heteroatoms. The zero-order valence-corrected chi connectivity index (χ0v) is 8.71. The van der Waals surface area contributed by atoms with E-state index >= 15 is 0 Å². The van der Waals surface area contributed by atoms with Gasteiger partial charge in [-0.15, -0.1) is 0 Å². The third-order valence-corrected chi connectivity index (χ3v) is 3.49. The number of hydrogen-bond acceptors (Lipinski definition) is 1. The van der Waals surface area contributed by atoms with Gasteiger partial charge in [0.2, 0.25) is 0 Å².